The fourth-order valence-corrected chi connectivity index (χ4v) is 2.66. The molecule has 0 amide bonds. The third-order valence-corrected chi connectivity index (χ3v) is 3.83. The van der Waals surface area contributed by atoms with Crippen molar-refractivity contribution < 1.29 is 13.5 Å². The van der Waals surface area contributed by atoms with Crippen LogP contribution in [0.1, 0.15) is 5.56 Å². The van der Waals surface area contributed by atoms with E-state index in [9.17, 15) is 4.39 Å². The number of halogens is 1. The van der Waals surface area contributed by atoms with Gasteiger partial charge in [-0.05, 0) is 29.8 Å². The number of fused-ring (bicyclic) bond motifs is 3. The number of aromatic nitrogens is 2. The molecule has 2 aromatic carbocycles. The van der Waals surface area contributed by atoms with Crippen molar-refractivity contribution in [1.29, 1.82) is 0 Å². The predicted octanol–water partition coefficient (Wildman–Crippen LogP) is 4.14. The average Bonchev–Trinajstić information content (AvgIpc) is 2.99. The Morgan fingerprint density at radius 3 is 2.88 bits per heavy atom. The fraction of sp³-hybridized carbons (Fsp3) is 0.111. The monoisotopic (exact) mass is 323 g/mol. The van der Waals surface area contributed by atoms with Crippen molar-refractivity contribution in [1.82, 2.24) is 9.97 Å². The Balaban J connectivity index is 1.66. The highest BCUT2D eigenvalue weighted by Gasteiger charge is 2.12. The van der Waals surface area contributed by atoms with Crippen LogP contribution in [-0.2, 0) is 6.54 Å². The second-order valence-corrected chi connectivity index (χ2v) is 5.32. The molecule has 0 aliphatic rings. The Kier molecular flexibility index (Phi) is 3.49. The van der Waals surface area contributed by atoms with Crippen molar-refractivity contribution >= 4 is 27.9 Å². The van der Waals surface area contributed by atoms with E-state index in [4.69, 9.17) is 9.15 Å². The van der Waals surface area contributed by atoms with Gasteiger partial charge in [0.1, 0.15) is 17.4 Å². The maximum atomic E-state index is 13.8. The largest absolute Gasteiger partial charge is 0.494 e. The van der Waals surface area contributed by atoms with Crippen LogP contribution in [0.5, 0.6) is 5.75 Å². The van der Waals surface area contributed by atoms with Crippen molar-refractivity contribution in [3.05, 3.63) is 60.2 Å². The van der Waals surface area contributed by atoms with E-state index >= 15 is 0 Å². The van der Waals surface area contributed by atoms with Gasteiger partial charge in [0, 0.05) is 11.9 Å². The predicted molar refractivity (Wildman–Crippen MR) is 89.6 cm³/mol. The summed E-state index contributed by atoms with van der Waals surface area (Å²) in [6.07, 6.45) is 1.49. The van der Waals surface area contributed by atoms with E-state index in [1.165, 1.54) is 19.5 Å². The van der Waals surface area contributed by atoms with Gasteiger partial charge in [-0.3, -0.25) is 0 Å². The summed E-state index contributed by atoms with van der Waals surface area (Å²) in [5.74, 6) is 0.404. The van der Waals surface area contributed by atoms with Crippen molar-refractivity contribution in [3.8, 4) is 5.75 Å². The van der Waals surface area contributed by atoms with Crippen LogP contribution in [0.4, 0.5) is 10.2 Å². The molecule has 0 aliphatic heterocycles. The minimum absolute atomic E-state index is 0.223. The summed E-state index contributed by atoms with van der Waals surface area (Å²) in [5.41, 5.74) is 2.87. The number of anilines is 1. The molecule has 0 aliphatic carbocycles. The van der Waals surface area contributed by atoms with Crippen LogP contribution < -0.4 is 10.1 Å². The van der Waals surface area contributed by atoms with Crippen molar-refractivity contribution in [2.75, 3.05) is 12.4 Å². The van der Waals surface area contributed by atoms with Gasteiger partial charge in [0.25, 0.3) is 0 Å². The molecule has 24 heavy (non-hydrogen) atoms. The molecule has 0 saturated heterocycles. The van der Waals surface area contributed by atoms with E-state index in [0.29, 0.717) is 17.9 Å². The zero-order valence-electron chi connectivity index (χ0n) is 12.9. The fourth-order valence-electron chi connectivity index (χ4n) is 2.66. The molecule has 2 heterocycles. The maximum absolute atomic E-state index is 13.8. The molecule has 5 nitrogen and oxygen atoms in total. The molecule has 0 atom stereocenters. The summed E-state index contributed by atoms with van der Waals surface area (Å²) >= 11 is 0. The van der Waals surface area contributed by atoms with Gasteiger partial charge in [-0.2, -0.15) is 0 Å². The first-order chi connectivity index (χ1) is 11.8. The molecule has 0 saturated carbocycles. The lowest BCUT2D eigenvalue weighted by molar-refractivity contribution is 0.386. The lowest BCUT2D eigenvalue weighted by atomic mass is 10.2. The molecule has 0 bridgehead atoms. The third-order valence-electron chi connectivity index (χ3n) is 3.83. The molecule has 4 rings (SSSR count). The van der Waals surface area contributed by atoms with Crippen LogP contribution in [0.25, 0.3) is 22.1 Å². The van der Waals surface area contributed by atoms with Gasteiger partial charge in [0.05, 0.1) is 7.11 Å². The van der Waals surface area contributed by atoms with Gasteiger partial charge in [-0.1, -0.05) is 18.2 Å². The number of rotatable bonds is 4. The minimum atomic E-state index is -0.395. The first-order valence-corrected chi connectivity index (χ1v) is 7.45. The number of methoxy groups -OCH3 is 1. The van der Waals surface area contributed by atoms with Crippen LogP contribution in [0.2, 0.25) is 0 Å². The zero-order valence-corrected chi connectivity index (χ0v) is 12.9. The van der Waals surface area contributed by atoms with E-state index in [-0.39, 0.29) is 5.75 Å². The van der Waals surface area contributed by atoms with Crippen LogP contribution in [0.15, 0.2) is 53.2 Å². The number of benzene rings is 2. The normalized spacial score (nSPS) is 11.1. The van der Waals surface area contributed by atoms with E-state index in [2.05, 4.69) is 15.3 Å². The van der Waals surface area contributed by atoms with Crippen molar-refractivity contribution in [2.24, 2.45) is 0 Å². The average molecular weight is 323 g/mol. The van der Waals surface area contributed by atoms with E-state index in [0.717, 1.165) is 22.0 Å². The lowest BCUT2D eigenvalue weighted by Crippen LogP contribution is -2.02. The van der Waals surface area contributed by atoms with Crippen molar-refractivity contribution in [3.63, 3.8) is 0 Å². The number of hydrogen-bond donors (Lipinski definition) is 1. The molecule has 6 heteroatoms. The Hall–Kier alpha value is -3.15. The highest BCUT2D eigenvalue weighted by Crippen LogP contribution is 2.30. The summed E-state index contributed by atoms with van der Waals surface area (Å²) in [5, 5.41) is 4.12. The summed E-state index contributed by atoms with van der Waals surface area (Å²) in [6.45, 7) is 0.407. The number of hydrogen-bond acceptors (Lipinski definition) is 5. The van der Waals surface area contributed by atoms with E-state index in [1.54, 1.807) is 12.1 Å². The Morgan fingerprint density at radius 1 is 1.17 bits per heavy atom. The number of nitrogens with zero attached hydrogens (tertiary/aromatic N) is 2. The van der Waals surface area contributed by atoms with Gasteiger partial charge in [-0.25, -0.2) is 14.4 Å². The summed E-state index contributed by atoms with van der Waals surface area (Å²) in [7, 11) is 1.44. The second-order valence-electron chi connectivity index (χ2n) is 5.32. The molecular formula is C18H14FN3O2. The third kappa shape index (κ3) is 2.42. The molecule has 0 fully saturated rings. The van der Waals surface area contributed by atoms with Crippen LogP contribution >= 0.6 is 0 Å². The van der Waals surface area contributed by atoms with Crippen molar-refractivity contribution in [2.45, 2.75) is 6.54 Å². The number of furan rings is 1. The molecule has 1 N–H and O–H groups in total. The van der Waals surface area contributed by atoms with Crippen LogP contribution in [-0.4, -0.2) is 17.1 Å². The highest BCUT2D eigenvalue weighted by atomic mass is 19.1. The second kappa shape index (κ2) is 5.81. The van der Waals surface area contributed by atoms with Gasteiger partial charge < -0.3 is 14.5 Å². The van der Waals surface area contributed by atoms with E-state index in [1.807, 2.05) is 24.3 Å². The molecule has 120 valence electrons. The first kappa shape index (κ1) is 14.4. The SMILES string of the molecule is COc1ccc(CNc2ncnc3c2oc2ccccc23)cc1F. The highest BCUT2D eigenvalue weighted by molar-refractivity contribution is 6.05. The number of ether oxygens (including phenoxy) is 1. The van der Waals surface area contributed by atoms with Crippen LogP contribution in [0, 0.1) is 5.82 Å². The maximum Gasteiger partial charge on any atom is 0.196 e. The smallest absolute Gasteiger partial charge is 0.196 e. The Labute approximate surface area is 137 Å². The van der Waals surface area contributed by atoms with E-state index < -0.39 is 5.82 Å². The molecule has 0 spiro atoms. The molecule has 4 aromatic rings. The summed E-state index contributed by atoms with van der Waals surface area (Å²) in [4.78, 5) is 8.54. The topological polar surface area (TPSA) is 60.2 Å². The minimum Gasteiger partial charge on any atom is -0.494 e. The molecule has 2 aromatic heterocycles. The Bertz CT molecular complexity index is 1030. The van der Waals surface area contributed by atoms with Gasteiger partial charge in [-0.15, -0.1) is 0 Å². The lowest BCUT2D eigenvalue weighted by Gasteiger charge is -2.07. The van der Waals surface area contributed by atoms with Gasteiger partial charge >= 0.3 is 0 Å². The molecular weight excluding hydrogens is 309 g/mol. The van der Waals surface area contributed by atoms with Gasteiger partial charge in [0.2, 0.25) is 0 Å². The quantitative estimate of drug-likeness (QED) is 0.612. The number of nitrogens with one attached hydrogen (secondary N) is 1. The van der Waals surface area contributed by atoms with Crippen LogP contribution in [0.3, 0.4) is 0 Å². The Morgan fingerprint density at radius 2 is 2.04 bits per heavy atom. The zero-order chi connectivity index (χ0) is 16.5. The van der Waals surface area contributed by atoms with Gasteiger partial charge in [0.15, 0.2) is 23.0 Å². The molecule has 0 radical (unpaired) electrons. The summed E-state index contributed by atoms with van der Waals surface area (Å²) < 4.78 is 24.5. The molecule has 0 unspecified atom stereocenters. The summed E-state index contributed by atoms with van der Waals surface area (Å²) in [6, 6.07) is 12.5. The standard InChI is InChI=1S/C18H14FN3O2/c1-23-15-7-6-11(8-13(15)19)9-20-18-17-16(21-10-22-18)12-4-2-3-5-14(12)24-17/h2-8,10H,9H2,1H3,(H,20,21,22). The first-order valence-electron chi connectivity index (χ1n) is 7.45. The number of para-hydroxylation sites is 1.